The maximum atomic E-state index is 9.61. The quantitative estimate of drug-likeness (QED) is 0.270. The average Bonchev–Trinajstić information content (AvgIpc) is 1.81. The molecule has 0 aliphatic carbocycles. The minimum absolute atomic E-state index is 0.418. The Morgan fingerprint density at radius 1 is 1.38 bits per heavy atom. The molecule has 0 unspecified atom stereocenters. The lowest BCUT2D eigenvalue weighted by molar-refractivity contribution is -0.111. The van der Waals surface area contributed by atoms with Crippen LogP contribution >= 0.6 is 0 Å². The fourth-order valence-corrected chi connectivity index (χ4v) is 0.245. The van der Waals surface area contributed by atoms with E-state index in [-0.39, 0.29) is 0 Å². The van der Waals surface area contributed by atoms with Gasteiger partial charge in [-0.25, -0.2) is 5.43 Å². The van der Waals surface area contributed by atoms with Crippen LogP contribution in [-0.4, -0.2) is 19.2 Å². The number of nitrogens with one attached hydrogen (secondary N) is 2. The Bertz CT molecular complexity index is 64.4. The first-order valence-electron chi connectivity index (χ1n) is 2.27. The van der Waals surface area contributed by atoms with Crippen molar-refractivity contribution in [3.8, 4) is 0 Å². The molecule has 0 atom stereocenters. The van der Waals surface area contributed by atoms with E-state index in [9.17, 15) is 9.59 Å². The van der Waals surface area contributed by atoms with E-state index in [1.54, 1.807) is 0 Å². The lowest BCUT2D eigenvalue weighted by Gasteiger charge is -1.94. The van der Waals surface area contributed by atoms with Crippen LogP contribution in [-0.2, 0) is 9.59 Å². The Morgan fingerprint density at radius 3 is 2.62 bits per heavy atom. The second-order valence-electron chi connectivity index (χ2n) is 1.14. The zero-order valence-corrected chi connectivity index (χ0v) is 4.39. The molecular formula is C4H8N2O2. The topological polar surface area (TPSA) is 58.2 Å². The number of hydrogen-bond donors (Lipinski definition) is 2. The van der Waals surface area contributed by atoms with Crippen molar-refractivity contribution in [2.24, 2.45) is 0 Å². The molecule has 0 fully saturated rings. The van der Waals surface area contributed by atoms with Crippen molar-refractivity contribution in [3.63, 3.8) is 0 Å². The van der Waals surface area contributed by atoms with E-state index in [2.05, 4.69) is 10.9 Å². The van der Waals surface area contributed by atoms with Gasteiger partial charge < -0.3 is 4.79 Å². The molecule has 4 nitrogen and oxygen atoms in total. The van der Waals surface area contributed by atoms with Crippen LogP contribution in [0.5, 0.6) is 0 Å². The highest BCUT2D eigenvalue weighted by molar-refractivity contribution is 5.49. The van der Waals surface area contributed by atoms with Crippen LogP contribution in [0.2, 0.25) is 0 Å². The molecule has 1 amide bonds. The smallest absolute Gasteiger partial charge is 0.221 e. The maximum absolute atomic E-state index is 9.61. The van der Waals surface area contributed by atoms with Crippen LogP contribution in [0.4, 0.5) is 0 Å². The van der Waals surface area contributed by atoms with Crippen molar-refractivity contribution < 1.29 is 9.59 Å². The zero-order chi connectivity index (χ0) is 6.24. The summed E-state index contributed by atoms with van der Waals surface area (Å²) in [6.45, 7) is 0.488. The van der Waals surface area contributed by atoms with E-state index in [4.69, 9.17) is 0 Å². The largest absolute Gasteiger partial charge is 0.303 e. The van der Waals surface area contributed by atoms with Crippen LogP contribution in [0.25, 0.3) is 0 Å². The van der Waals surface area contributed by atoms with Crippen LogP contribution in [0, 0.1) is 0 Å². The van der Waals surface area contributed by atoms with E-state index in [0.717, 1.165) is 6.29 Å². The van der Waals surface area contributed by atoms with Gasteiger partial charge in [0.25, 0.3) is 0 Å². The number of amides is 1. The van der Waals surface area contributed by atoms with Crippen LogP contribution < -0.4 is 10.9 Å². The summed E-state index contributed by atoms with van der Waals surface area (Å²) < 4.78 is 0. The molecule has 8 heavy (non-hydrogen) atoms. The SMILES string of the molecule is O=CCCNNC=O. The lowest BCUT2D eigenvalue weighted by Crippen LogP contribution is -2.31. The first-order chi connectivity index (χ1) is 3.91. The van der Waals surface area contributed by atoms with Gasteiger partial charge in [0.05, 0.1) is 0 Å². The second-order valence-corrected chi connectivity index (χ2v) is 1.14. The van der Waals surface area contributed by atoms with E-state index < -0.39 is 0 Å². The number of rotatable bonds is 5. The van der Waals surface area contributed by atoms with Gasteiger partial charge in [0, 0.05) is 13.0 Å². The minimum Gasteiger partial charge on any atom is -0.303 e. The fraction of sp³-hybridized carbons (Fsp3) is 0.500. The van der Waals surface area contributed by atoms with Gasteiger partial charge in [-0.1, -0.05) is 0 Å². The third kappa shape index (κ3) is 5.10. The van der Waals surface area contributed by atoms with Gasteiger partial charge in [-0.15, -0.1) is 0 Å². The Labute approximate surface area is 47.2 Å². The third-order valence-corrected chi connectivity index (χ3v) is 0.548. The highest BCUT2D eigenvalue weighted by atomic mass is 16.1. The molecular weight excluding hydrogens is 108 g/mol. The monoisotopic (exact) mass is 116 g/mol. The molecule has 0 radical (unpaired) electrons. The van der Waals surface area contributed by atoms with Gasteiger partial charge in [0.15, 0.2) is 0 Å². The van der Waals surface area contributed by atoms with Gasteiger partial charge in [-0.3, -0.25) is 10.2 Å². The lowest BCUT2D eigenvalue weighted by atomic mass is 10.5. The Hall–Kier alpha value is -0.900. The summed E-state index contributed by atoms with van der Waals surface area (Å²) in [5.41, 5.74) is 4.68. The summed E-state index contributed by atoms with van der Waals surface area (Å²) in [4.78, 5) is 19.1. The molecule has 0 saturated heterocycles. The summed E-state index contributed by atoms with van der Waals surface area (Å²) in [6, 6.07) is 0. The molecule has 0 spiro atoms. The summed E-state index contributed by atoms with van der Waals surface area (Å²) >= 11 is 0. The number of hydrazine groups is 1. The molecule has 2 N–H and O–H groups in total. The maximum Gasteiger partial charge on any atom is 0.221 e. The van der Waals surface area contributed by atoms with Crippen molar-refractivity contribution in [1.82, 2.24) is 10.9 Å². The van der Waals surface area contributed by atoms with Crippen LogP contribution in [0.1, 0.15) is 6.42 Å². The average molecular weight is 116 g/mol. The second kappa shape index (κ2) is 6.10. The van der Waals surface area contributed by atoms with Gasteiger partial charge in [0.2, 0.25) is 6.41 Å². The van der Waals surface area contributed by atoms with Gasteiger partial charge in [-0.2, -0.15) is 0 Å². The summed E-state index contributed by atoms with van der Waals surface area (Å²) in [5, 5.41) is 0. The summed E-state index contributed by atoms with van der Waals surface area (Å²) in [5.74, 6) is 0. The van der Waals surface area contributed by atoms with E-state index >= 15 is 0 Å². The Kier molecular flexibility index (Phi) is 5.41. The first-order valence-corrected chi connectivity index (χ1v) is 2.27. The molecule has 0 aliphatic heterocycles. The normalized spacial score (nSPS) is 8.00. The molecule has 0 aromatic heterocycles. The van der Waals surface area contributed by atoms with E-state index in [1.165, 1.54) is 0 Å². The Balaban J connectivity index is 2.71. The Morgan fingerprint density at radius 2 is 2.12 bits per heavy atom. The van der Waals surface area contributed by atoms with Crippen LogP contribution in [0.3, 0.4) is 0 Å². The van der Waals surface area contributed by atoms with Gasteiger partial charge in [-0.05, 0) is 0 Å². The number of hydrogen-bond acceptors (Lipinski definition) is 3. The predicted molar refractivity (Wildman–Crippen MR) is 27.9 cm³/mol. The fourth-order valence-electron chi connectivity index (χ4n) is 0.245. The highest BCUT2D eigenvalue weighted by Crippen LogP contribution is 1.60. The van der Waals surface area contributed by atoms with Gasteiger partial charge >= 0.3 is 0 Å². The molecule has 0 rings (SSSR count). The zero-order valence-electron chi connectivity index (χ0n) is 4.39. The van der Waals surface area contributed by atoms with Crippen LogP contribution in [0.15, 0.2) is 0 Å². The molecule has 0 heterocycles. The first kappa shape index (κ1) is 7.10. The molecule has 0 aliphatic rings. The van der Waals surface area contributed by atoms with E-state index in [1.807, 2.05) is 0 Å². The molecule has 46 valence electrons. The standard InChI is InChI=1S/C4H8N2O2/c7-3-1-2-5-6-4-8/h3-5H,1-2H2,(H,6,8). The van der Waals surface area contributed by atoms with E-state index in [0.29, 0.717) is 19.4 Å². The molecule has 0 saturated carbocycles. The van der Waals surface area contributed by atoms with Crippen molar-refractivity contribution in [2.75, 3.05) is 6.54 Å². The molecule has 0 aromatic rings. The highest BCUT2D eigenvalue weighted by Gasteiger charge is 1.78. The van der Waals surface area contributed by atoms with Crippen molar-refractivity contribution in [1.29, 1.82) is 0 Å². The molecule has 0 bridgehead atoms. The number of carbonyl (C=O) groups is 2. The minimum atomic E-state index is 0.418. The van der Waals surface area contributed by atoms with Crippen molar-refractivity contribution >= 4 is 12.7 Å². The van der Waals surface area contributed by atoms with Gasteiger partial charge in [0.1, 0.15) is 6.29 Å². The third-order valence-electron chi connectivity index (χ3n) is 0.548. The molecule has 0 aromatic carbocycles. The molecule has 4 heteroatoms. The number of aldehydes is 1. The number of carbonyl (C=O) groups excluding carboxylic acids is 2. The van der Waals surface area contributed by atoms with Crippen molar-refractivity contribution in [3.05, 3.63) is 0 Å². The van der Waals surface area contributed by atoms with Crippen molar-refractivity contribution in [2.45, 2.75) is 6.42 Å². The predicted octanol–water partition coefficient (Wildman–Crippen LogP) is -1.17. The summed E-state index contributed by atoms with van der Waals surface area (Å²) in [6.07, 6.45) is 1.71. The summed E-state index contributed by atoms with van der Waals surface area (Å²) in [7, 11) is 0.